The van der Waals surface area contributed by atoms with Gasteiger partial charge < -0.3 is 9.13 Å². The Kier molecular flexibility index (Phi) is 8.05. The van der Waals surface area contributed by atoms with E-state index >= 15 is 4.21 Å². The lowest BCUT2D eigenvalue weighted by Crippen LogP contribution is -2.11. The molecule has 0 radical (unpaired) electrons. The van der Waals surface area contributed by atoms with Gasteiger partial charge in [-0.2, -0.15) is 4.36 Å². The fraction of sp³-hybridized carbons (Fsp3) is 0. The Bertz CT molecular complexity index is 3680. The number of aromatic nitrogens is 2. The van der Waals surface area contributed by atoms with Crippen LogP contribution in [-0.4, -0.2) is 13.3 Å². The van der Waals surface area contributed by atoms with E-state index < -0.39 is 9.73 Å². The summed E-state index contributed by atoms with van der Waals surface area (Å²) < 4.78 is 25.7. The summed E-state index contributed by atoms with van der Waals surface area (Å²) in [6.45, 7) is 0. The molecule has 3 heterocycles. The standard InChI is InChI=1S/C56H37N3OS/c60-61(44-23-8-3-9-24-44)56(55(38-17-4-1-5-18-38)47-27-10-13-28-50(47)57-61)41-19-16-22-43(35-41)59-52-30-15-12-26-46(52)49-37-40(32-34-54(49)59)39-31-33-53-48(36-39)45-25-11-14-29-51(45)58(53)42-20-6-2-7-21-42/h1-37H. The van der Waals surface area contributed by atoms with Crippen LogP contribution in [0.25, 0.3) is 76.6 Å². The molecule has 1 unspecified atom stereocenters. The molecule has 9 aromatic carbocycles. The first-order chi connectivity index (χ1) is 30.1. The summed E-state index contributed by atoms with van der Waals surface area (Å²) in [6.07, 6.45) is 0. The Morgan fingerprint density at radius 1 is 0.361 bits per heavy atom. The lowest BCUT2D eigenvalue weighted by atomic mass is 9.94. The van der Waals surface area contributed by atoms with Crippen LogP contribution in [0.5, 0.6) is 0 Å². The van der Waals surface area contributed by atoms with Crippen molar-refractivity contribution in [2.45, 2.75) is 4.90 Å². The maximum absolute atomic E-state index is 15.9. The van der Waals surface area contributed by atoms with E-state index in [2.05, 4.69) is 167 Å². The van der Waals surface area contributed by atoms with Gasteiger partial charge in [-0.3, -0.25) is 0 Å². The van der Waals surface area contributed by atoms with Crippen molar-refractivity contribution in [1.29, 1.82) is 0 Å². The Balaban J connectivity index is 1.05. The lowest BCUT2D eigenvalue weighted by Gasteiger charge is -2.26. The molecule has 1 atom stereocenters. The van der Waals surface area contributed by atoms with Crippen LogP contribution in [0, 0.1) is 0 Å². The van der Waals surface area contributed by atoms with Gasteiger partial charge in [-0.1, -0.05) is 146 Å². The topological polar surface area (TPSA) is 39.3 Å². The van der Waals surface area contributed by atoms with Gasteiger partial charge in [0.25, 0.3) is 0 Å². The third-order valence-electron chi connectivity index (χ3n) is 12.1. The molecular formula is C56H37N3OS. The number of hydrogen-bond acceptors (Lipinski definition) is 2. The molecule has 0 bridgehead atoms. The number of rotatable bonds is 6. The van der Waals surface area contributed by atoms with Crippen molar-refractivity contribution in [2.24, 2.45) is 4.36 Å². The van der Waals surface area contributed by atoms with Gasteiger partial charge in [0, 0.05) is 44.1 Å². The molecular weight excluding hydrogens is 763 g/mol. The minimum Gasteiger partial charge on any atom is -0.309 e. The minimum absolute atomic E-state index is 0.686. The number of benzene rings is 9. The first-order valence-corrected chi connectivity index (χ1v) is 22.1. The van der Waals surface area contributed by atoms with Gasteiger partial charge in [0.2, 0.25) is 0 Å². The second kappa shape index (κ2) is 13.9. The quantitative estimate of drug-likeness (QED) is 0.165. The van der Waals surface area contributed by atoms with E-state index in [1.807, 2.05) is 66.7 Å². The smallest absolute Gasteiger partial charge is 0.110 e. The second-order valence-corrected chi connectivity index (χ2v) is 17.7. The zero-order valence-electron chi connectivity index (χ0n) is 33.0. The zero-order chi connectivity index (χ0) is 40.5. The van der Waals surface area contributed by atoms with Gasteiger partial charge in [-0.25, -0.2) is 4.21 Å². The van der Waals surface area contributed by atoms with Gasteiger partial charge in [0.05, 0.1) is 37.6 Å². The summed E-state index contributed by atoms with van der Waals surface area (Å²) in [5, 5.41) is 4.80. The van der Waals surface area contributed by atoms with E-state index in [-0.39, 0.29) is 0 Å². The molecule has 5 heteroatoms. The molecule has 0 fully saturated rings. The van der Waals surface area contributed by atoms with Crippen LogP contribution in [0.3, 0.4) is 0 Å². The third kappa shape index (κ3) is 5.55. The highest BCUT2D eigenvalue weighted by atomic mass is 32.2. The van der Waals surface area contributed by atoms with Gasteiger partial charge in [0.15, 0.2) is 0 Å². The Morgan fingerprint density at radius 3 is 1.51 bits per heavy atom. The minimum atomic E-state index is -3.13. The summed E-state index contributed by atoms with van der Waals surface area (Å²) in [5.41, 5.74) is 13.6. The third-order valence-corrected chi connectivity index (χ3v) is 14.4. The molecule has 4 nitrogen and oxygen atoms in total. The summed E-state index contributed by atoms with van der Waals surface area (Å²) >= 11 is 0. The average Bonchev–Trinajstić information content (AvgIpc) is 3.84. The van der Waals surface area contributed by atoms with Crippen LogP contribution in [0.1, 0.15) is 16.7 Å². The molecule has 12 rings (SSSR count). The molecule has 61 heavy (non-hydrogen) atoms. The number of hydrogen-bond donors (Lipinski definition) is 0. The SMILES string of the molecule is O=S1(c2ccccc2)=Nc2ccccc2C(c2ccccc2)=C1c1cccc(-n2c3ccccc3c3cc(-c4ccc5c(c4)c4ccccc4n5-c4ccccc4)ccc32)c1. The number of para-hydroxylation sites is 3. The average molecular weight is 800 g/mol. The van der Waals surface area contributed by atoms with Crippen molar-refractivity contribution < 1.29 is 4.21 Å². The molecule has 0 aliphatic carbocycles. The van der Waals surface area contributed by atoms with Gasteiger partial charge >= 0.3 is 0 Å². The van der Waals surface area contributed by atoms with Crippen molar-refractivity contribution >= 4 is 69.5 Å². The molecule has 0 saturated carbocycles. The fourth-order valence-electron chi connectivity index (χ4n) is 9.41. The second-order valence-electron chi connectivity index (χ2n) is 15.6. The number of nitrogens with zero attached hydrogens (tertiary/aromatic N) is 3. The van der Waals surface area contributed by atoms with E-state index in [0.717, 1.165) is 60.8 Å². The molecule has 0 saturated heterocycles. The molecule has 0 amide bonds. The van der Waals surface area contributed by atoms with Crippen molar-refractivity contribution in [3.63, 3.8) is 0 Å². The molecule has 1 aliphatic rings. The van der Waals surface area contributed by atoms with Crippen molar-refractivity contribution in [3.05, 3.63) is 241 Å². The van der Waals surface area contributed by atoms with Crippen molar-refractivity contribution in [3.8, 4) is 22.5 Å². The predicted molar refractivity (Wildman–Crippen MR) is 254 cm³/mol. The summed E-state index contributed by atoms with van der Waals surface area (Å²) in [6, 6.07) is 78.3. The number of fused-ring (bicyclic) bond motifs is 7. The predicted octanol–water partition coefficient (Wildman–Crippen LogP) is 14.6. The monoisotopic (exact) mass is 799 g/mol. The van der Waals surface area contributed by atoms with Crippen LogP contribution in [0.2, 0.25) is 0 Å². The van der Waals surface area contributed by atoms with Crippen molar-refractivity contribution in [1.82, 2.24) is 9.13 Å². The van der Waals surface area contributed by atoms with Gasteiger partial charge in [0.1, 0.15) is 9.73 Å². The summed E-state index contributed by atoms with van der Waals surface area (Å²) in [4.78, 5) is 1.41. The first-order valence-electron chi connectivity index (χ1n) is 20.6. The van der Waals surface area contributed by atoms with E-state index in [4.69, 9.17) is 4.36 Å². The van der Waals surface area contributed by atoms with E-state index in [1.165, 1.54) is 38.1 Å². The first kappa shape index (κ1) is 35.2. The van der Waals surface area contributed by atoms with Crippen LogP contribution >= 0.6 is 0 Å². The highest BCUT2D eigenvalue weighted by Gasteiger charge is 2.32. The highest BCUT2D eigenvalue weighted by Crippen LogP contribution is 2.48. The zero-order valence-corrected chi connectivity index (χ0v) is 33.8. The molecule has 0 N–H and O–H groups in total. The molecule has 2 aromatic heterocycles. The lowest BCUT2D eigenvalue weighted by molar-refractivity contribution is 0.683. The largest absolute Gasteiger partial charge is 0.309 e. The van der Waals surface area contributed by atoms with Crippen LogP contribution in [0.4, 0.5) is 5.69 Å². The molecule has 0 spiro atoms. The molecule has 1 aliphatic heterocycles. The van der Waals surface area contributed by atoms with E-state index in [0.29, 0.717) is 4.90 Å². The maximum atomic E-state index is 15.9. The Morgan fingerprint density at radius 2 is 0.852 bits per heavy atom. The van der Waals surface area contributed by atoms with E-state index in [9.17, 15) is 0 Å². The van der Waals surface area contributed by atoms with Crippen molar-refractivity contribution in [2.75, 3.05) is 0 Å². The summed E-state index contributed by atoms with van der Waals surface area (Å²) in [7, 11) is -3.13. The van der Waals surface area contributed by atoms with Gasteiger partial charge in [-0.05, 0) is 101 Å². The highest BCUT2D eigenvalue weighted by molar-refractivity contribution is 8.03. The van der Waals surface area contributed by atoms with E-state index in [1.54, 1.807) is 0 Å². The van der Waals surface area contributed by atoms with Crippen LogP contribution in [-0.2, 0) is 9.73 Å². The molecule has 11 aromatic rings. The van der Waals surface area contributed by atoms with Crippen LogP contribution < -0.4 is 0 Å². The normalized spacial score (nSPS) is 15.1. The van der Waals surface area contributed by atoms with Crippen LogP contribution in [0.15, 0.2) is 234 Å². The summed E-state index contributed by atoms with van der Waals surface area (Å²) in [5.74, 6) is 0. The Labute approximate surface area is 354 Å². The maximum Gasteiger partial charge on any atom is 0.110 e. The fourth-order valence-corrected chi connectivity index (χ4v) is 11.8. The van der Waals surface area contributed by atoms with Gasteiger partial charge in [-0.15, -0.1) is 0 Å². The molecule has 288 valence electrons. The Hall–Kier alpha value is -7.73.